The van der Waals surface area contributed by atoms with Crippen molar-refractivity contribution < 1.29 is 14.7 Å². The van der Waals surface area contributed by atoms with Gasteiger partial charge in [0.05, 0.1) is 12.1 Å². The van der Waals surface area contributed by atoms with Crippen LogP contribution in [0.2, 0.25) is 0 Å². The molecule has 0 spiro atoms. The highest BCUT2D eigenvalue weighted by atomic mass is 16.3. The third kappa shape index (κ3) is 3.21. The molecule has 2 unspecified atom stereocenters. The number of aliphatic hydroxyl groups excluding tert-OH is 1. The topological polar surface area (TPSA) is 81.7 Å². The van der Waals surface area contributed by atoms with Crippen molar-refractivity contribution in [2.75, 3.05) is 23.3 Å². The first-order valence-corrected chi connectivity index (χ1v) is 8.84. The number of hydrogen-bond acceptors (Lipinski definition) is 4. The standard InChI is InChI=1S/C20H21N3O3/c24-16-11-17(21-12-16)19(25)22-15-6-3-5-14(10-15)20(26)23-9-8-13-4-1-2-7-18(13)23/h1-7,10,16-17,21,24H,8-9,11-12H2,(H,22,25). The molecule has 2 aromatic rings. The van der Waals surface area contributed by atoms with Crippen LogP contribution < -0.4 is 15.5 Å². The van der Waals surface area contributed by atoms with E-state index in [0.29, 0.717) is 30.8 Å². The minimum atomic E-state index is -0.492. The zero-order chi connectivity index (χ0) is 18.1. The lowest BCUT2D eigenvalue weighted by Gasteiger charge is -2.18. The van der Waals surface area contributed by atoms with Gasteiger partial charge in [-0.3, -0.25) is 9.59 Å². The van der Waals surface area contributed by atoms with Gasteiger partial charge in [-0.25, -0.2) is 0 Å². The number of rotatable bonds is 3. The summed E-state index contributed by atoms with van der Waals surface area (Å²) in [6.45, 7) is 1.09. The van der Waals surface area contributed by atoms with Crippen LogP contribution in [0.25, 0.3) is 0 Å². The molecular weight excluding hydrogens is 330 g/mol. The summed E-state index contributed by atoms with van der Waals surface area (Å²) in [5.74, 6) is -0.266. The van der Waals surface area contributed by atoms with Gasteiger partial charge in [-0.15, -0.1) is 0 Å². The lowest BCUT2D eigenvalue weighted by Crippen LogP contribution is -2.35. The fourth-order valence-electron chi connectivity index (χ4n) is 3.58. The summed E-state index contributed by atoms with van der Waals surface area (Å²) < 4.78 is 0. The highest BCUT2D eigenvalue weighted by molar-refractivity contribution is 6.08. The fraction of sp³-hybridized carbons (Fsp3) is 0.300. The summed E-state index contributed by atoms with van der Waals surface area (Å²) in [4.78, 5) is 27.0. The molecule has 2 aromatic carbocycles. The van der Waals surface area contributed by atoms with Crippen molar-refractivity contribution in [3.63, 3.8) is 0 Å². The van der Waals surface area contributed by atoms with Gasteiger partial charge in [-0.2, -0.15) is 0 Å². The SMILES string of the molecule is O=C(Nc1cccc(C(=O)N2CCc3ccccc32)c1)C1CC(O)CN1. The molecule has 0 radical (unpaired) electrons. The predicted octanol–water partition coefficient (Wildman–Crippen LogP) is 1.55. The Morgan fingerprint density at radius 1 is 1.15 bits per heavy atom. The number of carbonyl (C=O) groups excluding carboxylic acids is 2. The van der Waals surface area contributed by atoms with Crippen molar-refractivity contribution in [1.29, 1.82) is 0 Å². The average molecular weight is 351 g/mol. The van der Waals surface area contributed by atoms with E-state index in [1.807, 2.05) is 24.3 Å². The summed E-state index contributed by atoms with van der Waals surface area (Å²) in [6.07, 6.45) is 0.761. The van der Waals surface area contributed by atoms with Crippen molar-refractivity contribution in [1.82, 2.24) is 5.32 Å². The van der Waals surface area contributed by atoms with E-state index in [4.69, 9.17) is 0 Å². The number of carbonyl (C=O) groups is 2. The van der Waals surface area contributed by atoms with Crippen molar-refractivity contribution in [3.05, 3.63) is 59.7 Å². The zero-order valence-corrected chi connectivity index (χ0v) is 14.3. The van der Waals surface area contributed by atoms with Crippen molar-refractivity contribution in [3.8, 4) is 0 Å². The van der Waals surface area contributed by atoms with E-state index in [9.17, 15) is 14.7 Å². The number of benzene rings is 2. The Morgan fingerprint density at radius 3 is 2.81 bits per heavy atom. The lowest BCUT2D eigenvalue weighted by molar-refractivity contribution is -0.117. The summed E-state index contributed by atoms with van der Waals surface area (Å²) in [6, 6.07) is 14.5. The molecule has 1 saturated heterocycles. The van der Waals surface area contributed by atoms with Crippen molar-refractivity contribution in [2.24, 2.45) is 0 Å². The van der Waals surface area contributed by atoms with E-state index >= 15 is 0 Å². The molecule has 4 rings (SSSR count). The molecule has 1 fully saturated rings. The molecule has 26 heavy (non-hydrogen) atoms. The second-order valence-corrected chi connectivity index (χ2v) is 6.76. The summed E-state index contributed by atoms with van der Waals surface area (Å²) in [7, 11) is 0. The third-order valence-electron chi connectivity index (χ3n) is 4.93. The largest absolute Gasteiger partial charge is 0.392 e. The number of para-hydroxylation sites is 1. The second-order valence-electron chi connectivity index (χ2n) is 6.76. The van der Waals surface area contributed by atoms with E-state index < -0.39 is 12.1 Å². The van der Waals surface area contributed by atoms with Gasteiger partial charge in [0, 0.05) is 30.0 Å². The number of anilines is 2. The summed E-state index contributed by atoms with van der Waals surface area (Å²) >= 11 is 0. The first-order chi connectivity index (χ1) is 12.6. The highest BCUT2D eigenvalue weighted by Gasteiger charge is 2.28. The molecule has 0 bridgehead atoms. The second kappa shape index (κ2) is 6.90. The Morgan fingerprint density at radius 2 is 2.00 bits per heavy atom. The third-order valence-corrected chi connectivity index (χ3v) is 4.93. The Balaban J connectivity index is 1.49. The van der Waals surface area contributed by atoms with Gasteiger partial charge in [0.15, 0.2) is 0 Å². The number of fused-ring (bicyclic) bond motifs is 1. The van der Waals surface area contributed by atoms with E-state index in [1.54, 1.807) is 29.2 Å². The molecule has 0 aliphatic carbocycles. The number of β-amino-alcohol motifs (C(OH)–C–C–N with tert-alkyl or cyclic N) is 1. The Labute approximate surface area is 151 Å². The van der Waals surface area contributed by atoms with E-state index in [-0.39, 0.29) is 11.8 Å². The first kappa shape index (κ1) is 16.8. The van der Waals surface area contributed by atoms with Gasteiger partial charge < -0.3 is 20.6 Å². The number of hydrogen-bond donors (Lipinski definition) is 3. The maximum Gasteiger partial charge on any atom is 0.258 e. The van der Waals surface area contributed by atoms with E-state index in [1.165, 1.54) is 5.56 Å². The molecule has 134 valence electrons. The fourth-order valence-corrected chi connectivity index (χ4v) is 3.58. The molecule has 2 aliphatic rings. The Kier molecular flexibility index (Phi) is 4.44. The van der Waals surface area contributed by atoms with Gasteiger partial charge in [0.2, 0.25) is 5.91 Å². The van der Waals surface area contributed by atoms with Crippen LogP contribution in [-0.4, -0.2) is 42.2 Å². The van der Waals surface area contributed by atoms with E-state index in [2.05, 4.69) is 10.6 Å². The van der Waals surface area contributed by atoms with Gasteiger partial charge >= 0.3 is 0 Å². The van der Waals surface area contributed by atoms with Crippen LogP contribution in [0.15, 0.2) is 48.5 Å². The Bertz CT molecular complexity index is 852. The van der Waals surface area contributed by atoms with Crippen LogP contribution in [-0.2, 0) is 11.2 Å². The van der Waals surface area contributed by atoms with Gasteiger partial charge in [0.1, 0.15) is 0 Å². The molecule has 2 atom stereocenters. The quantitative estimate of drug-likeness (QED) is 0.784. The molecule has 2 heterocycles. The monoisotopic (exact) mass is 351 g/mol. The molecule has 0 saturated carbocycles. The van der Waals surface area contributed by atoms with E-state index in [0.717, 1.165) is 12.1 Å². The molecule has 0 aromatic heterocycles. The average Bonchev–Trinajstić information content (AvgIpc) is 3.27. The minimum absolute atomic E-state index is 0.0690. The molecule has 2 amide bonds. The number of nitrogens with zero attached hydrogens (tertiary/aromatic N) is 1. The van der Waals surface area contributed by atoms with Crippen LogP contribution >= 0.6 is 0 Å². The van der Waals surface area contributed by atoms with Crippen LogP contribution in [0.4, 0.5) is 11.4 Å². The van der Waals surface area contributed by atoms with Crippen molar-refractivity contribution in [2.45, 2.75) is 25.0 Å². The zero-order valence-electron chi connectivity index (χ0n) is 14.3. The number of amides is 2. The molecule has 2 aliphatic heterocycles. The summed E-state index contributed by atoms with van der Waals surface area (Å²) in [5, 5.41) is 15.3. The van der Waals surface area contributed by atoms with Gasteiger partial charge in [-0.05, 0) is 42.7 Å². The van der Waals surface area contributed by atoms with Gasteiger partial charge in [0.25, 0.3) is 5.91 Å². The smallest absolute Gasteiger partial charge is 0.258 e. The van der Waals surface area contributed by atoms with Crippen molar-refractivity contribution >= 4 is 23.2 Å². The van der Waals surface area contributed by atoms with Crippen LogP contribution in [0.3, 0.4) is 0 Å². The Hall–Kier alpha value is -2.70. The predicted molar refractivity (Wildman–Crippen MR) is 99.3 cm³/mol. The molecule has 6 nitrogen and oxygen atoms in total. The minimum Gasteiger partial charge on any atom is -0.392 e. The summed E-state index contributed by atoms with van der Waals surface area (Å²) in [5.41, 5.74) is 3.25. The number of nitrogens with one attached hydrogen (secondary N) is 2. The van der Waals surface area contributed by atoms with Crippen LogP contribution in [0, 0.1) is 0 Å². The maximum absolute atomic E-state index is 12.9. The molecular formula is C20H21N3O3. The number of aliphatic hydroxyl groups is 1. The lowest BCUT2D eigenvalue weighted by atomic mass is 10.1. The van der Waals surface area contributed by atoms with Gasteiger partial charge in [-0.1, -0.05) is 24.3 Å². The first-order valence-electron chi connectivity index (χ1n) is 8.84. The normalized spacial score (nSPS) is 21.5. The van der Waals surface area contributed by atoms with Crippen LogP contribution in [0.5, 0.6) is 0 Å². The highest BCUT2D eigenvalue weighted by Crippen LogP contribution is 2.29. The van der Waals surface area contributed by atoms with Crippen LogP contribution in [0.1, 0.15) is 22.3 Å². The molecule has 6 heteroatoms. The maximum atomic E-state index is 12.9. The molecule has 3 N–H and O–H groups in total.